The van der Waals surface area contributed by atoms with E-state index in [1.807, 2.05) is 34.1 Å². The number of ether oxygens (including phenoxy) is 4. The minimum Gasteiger partial charge on any atom is -0.493 e. The van der Waals surface area contributed by atoms with Gasteiger partial charge < -0.3 is 38.5 Å². The smallest absolute Gasteiger partial charge is 0.254 e. The highest BCUT2D eigenvalue weighted by Gasteiger charge is 2.31. The molecule has 7 rings (SSSR count). The van der Waals surface area contributed by atoms with Gasteiger partial charge in [0.2, 0.25) is 6.79 Å². The number of thiophene rings is 2. The van der Waals surface area contributed by atoms with Crippen molar-refractivity contribution in [3.8, 4) is 23.0 Å². The molecular weight excluding hydrogens is 769 g/mol. The van der Waals surface area contributed by atoms with Gasteiger partial charge in [-0.2, -0.15) is 22.7 Å². The molecule has 0 N–H and O–H groups in total. The fourth-order valence-corrected chi connectivity index (χ4v) is 9.54. The molecule has 0 radical (unpaired) electrons. The number of amides is 2. The predicted octanol–water partition coefficient (Wildman–Crippen LogP) is 8.32. The van der Waals surface area contributed by atoms with Crippen molar-refractivity contribution in [2.45, 2.75) is 70.6 Å². The fourth-order valence-electron chi connectivity index (χ4n) is 8.14. The van der Waals surface area contributed by atoms with E-state index < -0.39 is 0 Å². The van der Waals surface area contributed by atoms with Gasteiger partial charge in [-0.3, -0.25) is 9.59 Å². The predicted molar refractivity (Wildman–Crippen MR) is 235 cm³/mol. The van der Waals surface area contributed by atoms with Crippen LogP contribution in [0, 0.1) is 0 Å². The number of rotatable bonds is 21. The van der Waals surface area contributed by atoms with Crippen LogP contribution in [0.4, 0.5) is 0 Å². The summed E-state index contributed by atoms with van der Waals surface area (Å²) in [5.41, 5.74) is 6.43. The van der Waals surface area contributed by atoms with Crippen LogP contribution in [0.15, 0.2) is 57.9 Å². The first-order valence-electron chi connectivity index (χ1n) is 21.0. The fraction of sp³-hybridized carbons (Fsp3) is 0.522. The highest BCUT2D eigenvalue weighted by Crippen LogP contribution is 2.40. The number of hydrogen-bond donors (Lipinski definition) is 0. The Morgan fingerprint density at radius 1 is 0.638 bits per heavy atom. The Bertz CT molecular complexity index is 1880. The summed E-state index contributed by atoms with van der Waals surface area (Å²) < 4.78 is 21.9. The number of fused-ring (bicyclic) bond motifs is 4. The van der Waals surface area contributed by atoms with Crippen molar-refractivity contribution >= 4 is 34.5 Å². The van der Waals surface area contributed by atoms with Gasteiger partial charge in [0.05, 0.1) is 14.2 Å². The van der Waals surface area contributed by atoms with Crippen LogP contribution in [-0.2, 0) is 25.7 Å². The summed E-state index contributed by atoms with van der Waals surface area (Å²) >= 11 is 3.56. The maximum Gasteiger partial charge on any atom is 0.254 e. The zero-order valence-corrected chi connectivity index (χ0v) is 36.6. The van der Waals surface area contributed by atoms with Crippen LogP contribution < -0.4 is 18.9 Å². The molecule has 2 aromatic heterocycles. The molecule has 0 bridgehead atoms. The van der Waals surface area contributed by atoms with Crippen LogP contribution in [0.25, 0.3) is 0 Å². The normalized spacial score (nSPS) is 14.4. The lowest BCUT2D eigenvalue weighted by Gasteiger charge is -2.30. The number of nitrogens with zero attached hydrogens (tertiary/aromatic N) is 4. The molecule has 58 heavy (non-hydrogen) atoms. The average Bonchev–Trinajstić information content (AvgIpc) is 4.05. The SMILES string of the molecule is CN(CCCCCc1ccsc1)CCCN1CCc2c(ccc3c2OCO3)C1=O.COc1ccc2c(c1OC)CCN(CCCN(C)CCCCc1ccsc1)C2=O. The Balaban J connectivity index is 0.000000196. The molecule has 0 unspecified atom stereocenters. The third kappa shape index (κ3) is 11.8. The van der Waals surface area contributed by atoms with E-state index in [-0.39, 0.29) is 18.6 Å². The van der Waals surface area contributed by atoms with Gasteiger partial charge in [0, 0.05) is 48.4 Å². The van der Waals surface area contributed by atoms with E-state index in [0.717, 1.165) is 112 Å². The van der Waals surface area contributed by atoms with Crippen molar-refractivity contribution in [1.82, 2.24) is 19.6 Å². The van der Waals surface area contributed by atoms with Gasteiger partial charge in [-0.05, 0) is 174 Å². The van der Waals surface area contributed by atoms with Gasteiger partial charge in [0.15, 0.2) is 23.0 Å². The number of hydrogen-bond acceptors (Lipinski definition) is 10. The minimum absolute atomic E-state index is 0.102. The van der Waals surface area contributed by atoms with Crippen LogP contribution in [0.3, 0.4) is 0 Å². The van der Waals surface area contributed by atoms with Crippen molar-refractivity contribution in [2.24, 2.45) is 0 Å². The second kappa shape index (κ2) is 22.3. The van der Waals surface area contributed by atoms with Gasteiger partial charge >= 0.3 is 0 Å². The average molecular weight is 831 g/mol. The highest BCUT2D eigenvalue weighted by molar-refractivity contribution is 7.08. The maximum atomic E-state index is 12.9. The summed E-state index contributed by atoms with van der Waals surface area (Å²) in [6, 6.07) is 11.9. The molecule has 0 saturated carbocycles. The molecule has 2 aromatic carbocycles. The van der Waals surface area contributed by atoms with Gasteiger partial charge in [0.25, 0.3) is 11.8 Å². The molecule has 10 nitrogen and oxygen atoms in total. The van der Waals surface area contributed by atoms with Gasteiger partial charge in [0.1, 0.15) is 0 Å². The van der Waals surface area contributed by atoms with Crippen LogP contribution >= 0.6 is 22.7 Å². The molecule has 0 spiro atoms. The first-order valence-corrected chi connectivity index (χ1v) is 22.9. The lowest BCUT2D eigenvalue weighted by atomic mass is 9.97. The van der Waals surface area contributed by atoms with Crippen molar-refractivity contribution in [1.29, 1.82) is 0 Å². The van der Waals surface area contributed by atoms with Crippen LogP contribution in [0.5, 0.6) is 23.0 Å². The molecule has 0 aliphatic carbocycles. The number of carbonyl (C=O) groups is 2. The lowest BCUT2D eigenvalue weighted by Crippen LogP contribution is -2.39. The van der Waals surface area contributed by atoms with Crippen LogP contribution in [0.2, 0.25) is 0 Å². The molecule has 314 valence electrons. The summed E-state index contributed by atoms with van der Waals surface area (Å²) in [5.74, 6) is 3.15. The second-order valence-corrected chi connectivity index (χ2v) is 17.1. The Labute approximate surface area is 353 Å². The van der Waals surface area contributed by atoms with E-state index in [1.165, 1.54) is 56.1 Å². The Kier molecular flexibility index (Phi) is 16.7. The van der Waals surface area contributed by atoms with E-state index in [1.54, 1.807) is 36.9 Å². The summed E-state index contributed by atoms with van der Waals surface area (Å²) in [4.78, 5) is 34.5. The molecule has 3 aliphatic heterocycles. The second-order valence-electron chi connectivity index (χ2n) is 15.6. The topological polar surface area (TPSA) is 84.0 Å². The molecule has 0 saturated heterocycles. The van der Waals surface area contributed by atoms with E-state index in [2.05, 4.69) is 57.5 Å². The first-order chi connectivity index (χ1) is 28.4. The monoisotopic (exact) mass is 830 g/mol. The molecule has 0 atom stereocenters. The van der Waals surface area contributed by atoms with Gasteiger partial charge in [-0.15, -0.1) is 0 Å². The molecule has 2 amide bonds. The zero-order chi connectivity index (χ0) is 40.7. The third-order valence-electron chi connectivity index (χ3n) is 11.4. The summed E-state index contributed by atoms with van der Waals surface area (Å²) in [5, 5.41) is 8.79. The van der Waals surface area contributed by atoms with Crippen molar-refractivity contribution in [3.05, 3.63) is 91.3 Å². The summed E-state index contributed by atoms with van der Waals surface area (Å²) in [7, 11) is 7.62. The quantitative estimate of drug-likeness (QED) is 0.0777. The van der Waals surface area contributed by atoms with Crippen LogP contribution in [-0.4, -0.2) is 119 Å². The molecular formula is C46H62N4O6S2. The molecule has 0 fully saturated rings. The van der Waals surface area contributed by atoms with Crippen molar-refractivity contribution in [3.63, 3.8) is 0 Å². The molecule has 5 heterocycles. The molecule has 12 heteroatoms. The Morgan fingerprint density at radius 2 is 1.19 bits per heavy atom. The number of methoxy groups -OCH3 is 2. The zero-order valence-electron chi connectivity index (χ0n) is 35.0. The first kappa shape index (κ1) is 43.5. The van der Waals surface area contributed by atoms with Crippen LogP contribution in [0.1, 0.15) is 87.9 Å². The number of unbranched alkanes of at least 4 members (excludes halogenated alkanes) is 3. The number of carbonyl (C=O) groups excluding carboxylic acids is 2. The minimum atomic E-state index is 0.102. The standard InChI is InChI=1S/C23H30N2O3S.C23H32N2O3S/c1-24(11-4-2-3-6-18-10-15-29-16-18)12-5-13-25-14-9-19-20(23(25)26)7-8-21-22(19)28-17-27-21;1-24(12-5-4-7-18-11-16-29-17-18)13-6-14-25-15-10-19-20(23(25)26)8-9-21(27-2)22(19)28-3/h7-8,10,15-16H,2-6,9,11-14,17H2,1H3;8-9,11,16-17H,4-7,10,12-15H2,1-3H3. The molecule has 4 aromatic rings. The maximum absolute atomic E-state index is 12.9. The van der Waals surface area contributed by atoms with E-state index in [4.69, 9.17) is 18.9 Å². The number of benzene rings is 2. The molecule has 3 aliphatic rings. The summed E-state index contributed by atoms with van der Waals surface area (Å²) in [6.07, 6.45) is 12.3. The Hall–Kier alpha value is -4.10. The largest absolute Gasteiger partial charge is 0.493 e. The Morgan fingerprint density at radius 3 is 1.78 bits per heavy atom. The highest BCUT2D eigenvalue weighted by atomic mass is 32.1. The third-order valence-corrected chi connectivity index (χ3v) is 12.9. The number of aryl methyl sites for hydroxylation is 2. The van der Waals surface area contributed by atoms with Gasteiger partial charge in [-0.25, -0.2) is 0 Å². The van der Waals surface area contributed by atoms with E-state index in [0.29, 0.717) is 11.5 Å². The van der Waals surface area contributed by atoms with E-state index in [9.17, 15) is 9.59 Å². The van der Waals surface area contributed by atoms with Gasteiger partial charge in [-0.1, -0.05) is 6.42 Å². The van der Waals surface area contributed by atoms with E-state index >= 15 is 0 Å². The summed E-state index contributed by atoms with van der Waals surface area (Å²) in [6.45, 7) is 7.65. The van der Waals surface area contributed by atoms with Crippen molar-refractivity contribution < 1.29 is 28.5 Å². The lowest BCUT2D eigenvalue weighted by molar-refractivity contribution is 0.0724. The van der Waals surface area contributed by atoms with Crippen molar-refractivity contribution in [2.75, 3.05) is 87.5 Å².